The number of urea groups is 1. The molecule has 0 aromatic heterocycles. The minimum absolute atomic E-state index is 0.0934. The predicted molar refractivity (Wildman–Crippen MR) is 152 cm³/mol. The Balaban J connectivity index is 1.34. The second-order valence-corrected chi connectivity index (χ2v) is 11.1. The number of carbonyl (C=O) groups excluding carboxylic acids is 1. The third kappa shape index (κ3) is 8.92. The monoisotopic (exact) mass is 552 g/mol. The molecule has 0 unspecified atom stereocenters. The van der Waals surface area contributed by atoms with Gasteiger partial charge in [0.15, 0.2) is 11.5 Å². The van der Waals surface area contributed by atoms with Crippen molar-refractivity contribution in [2.75, 3.05) is 24.1 Å². The van der Waals surface area contributed by atoms with Crippen LogP contribution in [0.1, 0.15) is 30.0 Å². The average Bonchev–Trinajstić information content (AvgIpc) is 3.40. The lowest BCUT2D eigenvalue weighted by Crippen LogP contribution is -2.46. The van der Waals surface area contributed by atoms with Crippen LogP contribution in [0, 0.1) is 0 Å². The molecule has 0 spiro atoms. The van der Waals surface area contributed by atoms with E-state index in [0.717, 1.165) is 29.2 Å². The van der Waals surface area contributed by atoms with Crippen LogP contribution in [0.25, 0.3) is 0 Å². The van der Waals surface area contributed by atoms with Gasteiger partial charge in [0.25, 0.3) is 0 Å². The lowest BCUT2D eigenvalue weighted by molar-refractivity contribution is -0.137. The second kappa shape index (κ2) is 14.6. The normalized spacial score (nSPS) is 13.5. The number of rotatable bonds is 14. The molecular weight excluding hydrogens is 520 g/mol. The fourth-order valence-corrected chi connectivity index (χ4v) is 6.13. The Hall–Kier alpha value is -3.30. The number of nitrogens with one attached hydrogen (secondary N) is 2. The topological polar surface area (TPSA) is 96.9 Å². The molecule has 1 heterocycles. The summed E-state index contributed by atoms with van der Waals surface area (Å²) < 4.78 is 10.8. The zero-order chi connectivity index (χ0) is 26.6. The van der Waals surface area contributed by atoms with Gasteiger partial charge in [-0.15, -0.1) is 11.8 Å². The smallest absolute Gasteiger partial charge is 0.315 e. The van der Waals surface area contributed by atoms with Crippen molar-refractivity contribution in [3.05, 3.63) is 90.0 Å². The van der Waals surface area contributed by atoms with Crippen molar-refractivity contribution in [2.24, 2.45) is 0 Å². The Labute approximate surface area is 231 Å². The van der Waals surface area contributed by atoms with E-state index in [-0.39, 0.29) is 19.3 Å². The van der Waals surface area contributed by atoms with E-state index >= 15 is 0 Å². The molecule has 2 amide bonds. The first-order valence-electron chi connectivity index (χ1n) is 12.5. The Bertz CT molecular complexity index is 1180. The van der Waals surface area contributed by atoms with E-state index in [1.807, 2.05) is 36.0 Å². The number of carboxylic acids is 1. The first-order valence-corrected chi connectivity index (χ1v) is 14.7. The van der Waals surface area contributed by atoms with E-state index in [9.17, 15) is 14.7 Å². The molecule has 0 saturated carbocycles. The van der Waals surface area contributed by atoms with Gasteiger partial charge in [-0.3, -0.25) is 4.79 Å². The van der Waals surface area contributed by atoms with Crippen molar-refractivity contribution >= 4 is 35.5 Å². The molecule has 38 heavy (non-hydrogen) atoms. The van der Waals surface area contributed by atoms with E-state index < -0.39 is 18.0 Å². The number of carbonyl (C=O) groups is 2. The third-order valence-corrected chi connectivity index (χ3v) is 8.32. The summed E-state index contributed by atoms with van der Waals surface area (Å²) in [4.78, 5) is 25.7. The summed E-state index contributed by atoms with van der Waals surface area (Å²) in [5.74, 6) is 2.60. The van der Waals surface area contributed by atoms with Gasteiger partial charge in [-0.25, -0.2) is 4.79 Å². The number of carboxylic acid groups (broad SMARTS) is 1. The van der Waals surface area contributed by atoms with Gasteiger partial charge in [0.1, 0.15) is 0 Å². The van der Waals surface area contributed by atoms with E-state index in [1.54, 1.807) is 30.0 Å². The molecule has 0 fully saturated rings. The molecule has 2 atom stereocenters. The second-order valence-electron chi connectivity index (χ2n) is 8.87. The molecule has 0 bridgehead atoms. The van der Waals surface area contributed by atoms with Crippen LogP contribution >= 0.6 is 23.5 Å². The molecule has 200 valence electrons. The molecule has 1 aliphatic heterocycles. The molecule has 0 radical (unpaired) electrons. The lowest BCUT2D eigenvalue weighted by Gasteiger charge is -2.22. The summed E-state index contributed by atoms with van der Waals surface area (Å²) in [5, 5.41) is 15.4. The zero-order valence-corrected chi connectivity index (χ0v) is 22.6. The largest absolute Gasteiger partial charge is 0.481 e. The van der Waals surface area contributed by atoms with Crippen LogP contribution in [-0.2, 0) is 11.2 Å². The minimum atomic E-state index is -1.00. The Morgan fingerprint density at radius 2 is 1.63 bits per heavy atom. The van der Waals surface area contributed by atoms with Crippen LogP contribution in [0.3, 0.4) is 0 Å². The highest BCUT2D eigenvalue weighted by Gasteiger charge is 2.23. The Morgan fingerprint density at radius 1 is 0.895 bits per heavy atom. The summed E-state index contributed by atoms with van der Waals surface area (Å²) >= 11 is 3.51. The third-order valence-electron chi connectivity index (χ3n) is 5.93. The van der Waals surface area contributed by atoms with Gasteiger partial charge in [0.05, 0.1) is 12.5 Å². The molecule has 0 aliphatic carbocycles. The highest BCUT2D eigenvalue weighted by Crippen LogP contribution is 2.34. The number of thioether (sulfide) groups is 2. The van der Waals surface area contributed by atoms with Crippen molar-refractivity contribution in [3.63, 3.8) is 0 Å². The van der Waals surface area contributed by atoms with E-state index in [0.29, 0.717) is 22.8 Å². The molecular formula is C29H32N2O5S2. The van der Waals surface area contributed by atoms with Gasteiger partial charge in [-0.2, -0.15) is 11.8 Å². The van der Waals surface area contributed by atoms with Crippen LogP contribution in [0.5, 0.6) is 11.5 Å². The molecule has 0 saturated heterocycles. The maximum absolute atomic E-state index is 13.0. The number of aliphatic carboxylic acids is 1. The molecule has 1 aliphatic rings. The molecule has 3 N–H and O–H groups in total. The number of hydrogen-bond acceptors (Lipinski definition) is 6. The maximum atomic E-state index is 13.0. The minimum Gasteiger partial charge on any atom is -0.481 e. The number of ether oxygens (including phenoxy) is 2. The SMILES string of the molecule is O=C(O)C[C@H](NC(=O)N[C@@H](CSCCCc1ccccc1)CSc1ccccc1)c1ccc2c(c1)OCO2. The van der Waals surface area contributed by atoms with Crippen molar-refractivity contribution < 1.29 is 24.2 Å². The van der Waals surface area contributed by atoms with Gasteiger partial charge < -0.3 is 25.2 Å². The van der Waals surface area contributed by atoms with Crippen LogP contribution in [0.2, 0.25) is 0 Å². The zero-order valence-electron chi connectivity index (χ0n) is 21.0. The van der Waals surface area contributed by atoms with Crippen molar-refractivity contribution in [1.29, 1.82) is 0 Å². The summed E-state index contributed by atoms with van der Waals surface area (Å²) in [6.07, 6.45) is 1.84. The van der Waals surface area contributed by atoms with Gasteiger partial charge in [0.2, 0.25) is 6.79 Å². The van der Waals surface area contributed by atoms with E-state index in [1.165, 1.54) is 5.56 Å². The Kier molecular flexibility index (Phi) is 10.6. The summed E-state index contributed by atoms with van der Waals surface area (Å²) in [7, 11) is 0. The fourth-order valence-electron chi connectivity index (χ4n) is 4.04. The number of aryl methyl sites for hydroxylation is 1. The summed E-state index contributed by atoms with van der Waals surface area (Å²) in [5.41, 5.74) is 1.98. The summed E-state index contributed by atoms with van der Waals surface area (Å²) in [6.45, 7) is 0.125. The molecule has 7 nitrogen and oxygen atoms in total. The molecule has 3 aromatic carbocycles. The number of amides is 2. The first-order chi connectivity index (χ1) is 18.6. The first kappa shape index (κ1) is 27.7. The molecule has 3 aromatic rings. The van der Waals surface area contributed by atoms with Gasteiger partial charge in [-0.1, -0.05) is 54.6 Å². The van der Waals surface area contributed by atoms with Gasteiger partial charge >= 0.3 is 12.0 Å². The molecule has 4 rings (SSSR count). The van der Waals surface area contributed by atoms with Crippen LogP contribution < -0.4 is 20.1 Å². The standard InChI is InChI=1S/C29H32N2O5S2/c32-28(33)17-25(22-13-14-26-27(16-22)36-20-35-26)31-29(34)30-23(19-38-24-11-5-2-6-12-24)18-37-15-7-10-21-8-3-1-4-9-21/h1-6,8-9,11-14,16,23,25H,7,10,15,17-20H2,(H,32,33)(H2,30,31,34)/t23-,25-/m0/s1. The Morgan fingerprint density at radius 3 is 2.39 bits per heavy atom. The number of fused-ring (bicyclic) bond motifs is 1. The average molecular weight is 553 g/mol. The predicted octanol–water partition coefficient (Wildman–Crippen LogP) is 5.76. The maximum Gasteiger partial charge on any atom is 0.315 e. The van der Waals surface area contributed by atoms with Gasteiger partial charge in [-0.05, 0) is 54.0 Å². The van der Waals surface area contributed by atoms with Crippen LogP contribution in [-0.4, -0.2) is 47.2 Å². The van der Waals surface area contributed by atoms with E-state index in [2.05, 4.69) is 47.0 Å². The number of benzene rings is 3. The molecule has 9 heteroatoms. The highest BCUT2D eigenvalue weighted by molar-refractivity contribution is 8.00. The quantitative estimate of drug-likeness (QED) is 0.173. The fraction of sp³-hybridized carbons (Fsp3) is 0.310. The van der Waals surface area contributed by atoms with Crippen molar-refractivity contribution in [3.8, 4) is 11.5 Å². The van der Waals surface area contributed by atoms with Crippen molar-refractivity contribution in [1.82, 2.24) is 10.6 Å². The lowest BCUT2D eigenvalue weighted by atomic mass is 10.0. The van der Waals surface area contributed by atoms with Crippen LogP contribution in [0.15, 0.2) is 83.8 Å². The van der Waals surface area contributed by atoms with Crippen molar-refractivity contribution in [2.45, 2.75) is 36.2 Å². The summed E-state index contributed by atoms with van der Waals surface area (Å²) in [6, 6.07) is 24.5. The number of hydrogen-bond donors (Lipinski definition) is 3. The van der Waals surface area contributed by atoms with Gasteiger partial charge in [0, 0.05) is 22.4 Å². The van der Waals surface area contributed by atoms with Crippen LogP contribution in [0.4, 0.5) is 4.79 Å². The van der Waals surface area contributed by atoms with E-state index in [4.69, 9.17) is 9.47 Å². The highest BCUT2D eigenvalue weighted by atomic mass is 32.2.